The molecule has 1 aromatic rings. The van der Waals surface area contributed by atoms with Gasteiger partial charge in [0.05, 0.1) is 7.11 Å². The van der Waals surface area contributed by atoms with Crippen LogP contribution < -0.4 is 15.2 Å². The van der Waals surface area contributed by atoms with E-state index in [1.165, 1.54) is 12.8 Å². The van der Waals surface area contributed by atoms with Crippen LogP contribution in [0.2, 0.25) is 0 Å². The highest BCUT2D eigenvalue weighted by Crippen LogP contribution is 2.29. The SMILES string of the molecule is COc1ccc(N)cc1OC[C@H](O)CN1CCCC1. The second-order valence-corrected chi connectivity index (χ2v) is 4.88. The molecule has 0 saturated carbocycles. The Labute approximate surface area is 113 Å². The molecule has 3 N–H and O–H groups in total. The second kappa shape index (κ2) is 6.63. The number of nitrogens with two attached hydrogens (primary N) is 1. The van der Waals surface area contributed by atoms with Gasteiger partial charge in [0, 0.05) is 18.3 Å². The number of β-amino-alcohol motifs (C(OH)–C–C–N with tert-alkyl or cyclic N) is 1. The topological polar surface area (TPSA) is 68.0 Å². The van der Waals surface area contributed by atoms with Crippen molar-refractivity contribution in [1.29, 1.82) is 0 Å². The van der Waals surface area contributed by atoms with Gasteiger partial charge in [-0.1, -0.05) is 0 Å². The molecule has 106 valence electrons. The Kier molecular flexibility index (Phi) is 4.87. The zero-order valence-electron chi connectivity index (χ0n) is 11.3. The molecule has 1 saturated heterocycles. The first-order valence-corrected chi connectivity index (χ1v) is 6.66. The first-order chi connectivity index (χ1) is 9.19. The van der Waals surface area contributed by atoms with E-state index in [0.29, 0.717) is 23.7 Å². The van der Waals surface area contributed by atoms with Crippen molar-refractivity contribution in [2.75, 3.05) is 39.1 Å². The van der Waals surface area contributed by atoms with Crippen LogP contribution in [-0.2, 0) is 0 Å². The number of benzene rings is 1. The van der Waals surface area contributed by atoms with Crippen molar-refractivity contribution in [3.63, 3.8) is 0 Å². The van der Waals surface area contributed by atoms with Gasteiger partial charge in [-0.15, -0.1) is 0 Å². The Morgan fingerprint density at radius 1 is 1.32 bits per heavy atom. The van der Waals surface area contributed by atoms with Crippen LogP contribution in [0.1, 0.15) is 12.8 Å². The molecule has 0 bridgehead atoms. The molecule has 0 unspecified atom stereocenters. The predicted molar refractivity (Wildman–Crippen MR) is 74.6 cm³/mol. The molecular formula is C14H22N2O3. The van der Waals surface area contributed by atoms with Gasteiger partial charge in [0.15, 0.2) is 11.5 Å². The molecule has 1 heterocycles. The fraction of sp³-hybridized carbons (Fsp3) is 0.571. The first-order valence-electron chi connectivity index (χ1n) is 6.66. The summed E-state index contributed by atoms with van der Waals surface area (Å²) in [7, 11) is 1.58. The number of aliphatic hydroxyl groups is 1. The number of aliphatic hydroxyl groups excluding tert-OH is 1. The van der Waals surface area contributed by atoms with Crippen molar-refractivity contribution in [3.8, 4) is 11.5 Å². The fourth-order valence-electron chi connectivity index (χ4n) is 2.31. The first kappa shape index (κ1) is 14.0. The van der Waals surface area contributed by atoms with E-state index in [2.05, 4.69) is 4.90 Å². The molecule has 0 spiro atoms. The van der Waals surface area contributed by atoms with E-state index < -0.39 is 6.10 Å². The molecule has 1 aromatic carbocycles. The van der Waals surface area contributed by atoms with Crippen LogP contribution in [0.5, 0.6) is 11.5 Å². The Morgan fingerprint density at radius 3 is 2.74 bits per heavy atom. The zero-order chi connectivity index (χ0) is 13.7. The van der Waals surface area contributed by atoms with Crippen LogP contribution in [0.15, 0.2) is 18.2 Å². The van der Waals surface area contributed by atoms with E-state index >= 15 is 0 Å². The molecule has 0 aliphatic carbocycles. The summed E-state index contributed by atoms with van der Waals surface area (Å²) >= 11 is 0. The van der Waals surface area contributed by atoms with Crippen molar-refractivity contribution in [1.82, 2.24) is 4.90 Å². The van der Waals surface area contributed by atoms with E-state index in [1.54, 1.807) is 25.3 Å². The van der Waals surface area contributed by atoms with Gasteiger partial charge in [-0.05, 0) is 38.1 Å². The van der Waals surface area contributed by atoms with Crippen molar-refractivity contribution in [2.24, 2.45) is 0 Å². The van der Waals surface area contributed by atoms with Gasteiger partial charge in [-0.2, -0.15) is 0 Å². The summed E-state index contributed by atoms with van der Waals surface area (Å²) in [6, 6.07) is 5.23. The minimum atomic E-state index is -0.496. The lowest BCUT2D eigenvalue weighted by molar-refractivity contribution is 0.0747. The van der Waals surface area contributed by atoms with E-state index in [4.69, 9.17) is 15.2 Å². The average Bonchev–Trinajstić information content (AvgIpc) is 2.89. The fourth-order valence-corrected chi connectivity index (χ4v) is 2.31. The van der Waals surface area contributed by atoms with Crippen molar-refractivity contribution in [2.45, 2.75) is 18.9 Å². The molecule has 0 amide bonds. The maximum atomic E-state index is 9.97. The molecular weight excluding hydrogens is 244 g/mol. The lowest BCUT2D eigenvalue weighted by Crippen LogP contribution is -2.33. The molecule has 19 heavy (non-hydrogen) atoms. The van der Waals surface area contributed by atoms with Crippen LogP contribution in [-0.4, -0.2) is 49.5 Å². The average molecular weight is 266 g/mol. The van der Waals surface area contributed by atoms with Gasteiger partial charge in [0.2, 0.25) is 0 Å². The predicted octanol–water partition coefficient (Wildman–Crippen LogP) is 1.11. The largest absolute Gasteiger partial charge is 0.493 e. The summed E-state index contributed by atoms with van der Waals surface area (Å²) in [5, 5.41) is 9.97. The second-order valence-electron chi connectivity index (χ2n) is 4.88. The smallest absolute Gasteiger partial charge is 0.163 e. The standard InChI is InChI=1S/C14H22N2O3/c1-18-13-5-4-11(15)8-14(13)19-10-12(17)9-16-6-2-3-7-16/h4-5,8,12,17H,2-3,6-7,9-10,15H2,1H3/t12-/m1/s1. The number of likely N-dealkylation sites (tertiary alicyclic amines) is 1. The summed E-state index contributed by atoms with van der Waals surface area (Å²) in [5.74, 6) is 1.20. The minimum Gasteiger partial charge on any atom is -0.493 e. The van der Waals surface area contributed by atoms with Gasteiger partial charge >= 0.3 is 0 Å². The highest BCUT2D eigenvalue weighted by molar-refractivity contribution is 5.51. The molecule has 1 aliphatic heterocycles. The number of anilines is 1. The Bertz CT molecular complexity index is 406. The number of nitrogens with zero attached hydrogens (tertiary/aromatic N) is 1. The Morgan fingerprint density at radius 2 is 2.05 bits per heavy atom. The molecule has 5 nitrogen and oxygen atoms in total. The molecule has 2 rings (SSSR count). The lowest BCUT2D eigenvalue weighted by Gasteiger charge is -2.20. The number of hydrogen-bond donors (Lipinski definition) is 2. The molecule has 1 fully saturated rings. The summed E-state index contributed by atoms with van der Waals surface area (Å²) in [4.78, 5) is 2.25. The van der Waals surface area contributed by atoms with Crippen LogP contribution in [0.4, 0.5) is 5.69 Å². The van der Waals surface area contributed by atoms with Gasteiger partial charge in [0.25, 0.3) is 0 Å². The van der Waals surface area contributed by atoms with E-state index in [9.17, 15) is 5.11 Å². The van der Waals surface area contributed by atoms with Crippen LogP contribution >= 0.6 is 0 Å². The number of ether oxygens (including phenoxy) is 2. The van der Waals surface area contributed by atoms with E-state index in [1.807, 2.05) is 0 Å². The summed E-state index contributed by atoms with van der Waals surface area (Å²) in [6.07, 6.45) is 1.94. The van der Waals surface area contributed by atoms with E-state index in [0.717, 1.165) is 13.1 Å². The highest BCUT2D eigenvalue weighted by Gasteiger charge is 2.16. The van der Waals surface area contributed by atoms with Crippen LogP contribution in [0, 0.1) is 0 Å². The van der Waals surface area contributed by atoms with Gasteiger partial charge in [0.1, 0.15) is 12.7 Å². The normalized spacial score (nSPS) is 17.4. The number of hydrogen-bond acceptors (Lipinski definition) is 5. The summed E-state index contributed by atoms with van der Waals surface area (Å²) < 4.78 is 10.8. The molecule has 5 heteroatoms. The third-order valence-corrected chi connectivity index (χ3v) is 3.29. The highest BCUT2D eigenvalue weighted by atomic mass is 16.5. The third-order valence-electron chi connectivity index (χ3n) is 3.29. The Balaban J connectivity index is 1.85. The summed E-state index contributed by atoms with van der Waals surface area (Å²) in [5.41, 5.74) is 6.33. The summed E-state index contributed by atoms with van der Waals surface area (Å²) in [6.45, 7) is 3.04. The number of nitrogen functional groups attached to an aromatic ring is 1. The maximum Gasteiger partial charge on any atom is 0.163 e. The maximum absolute atomic E-state index is 9.97. The molecule has 1 atom stereocenters. The molecule has 0 aromatic heterocycles. The van der Waals surface area contributed by atoms with Crippen LogP contribution in [0.25, 0.3) is 0 Å². The third kappa shape index (κ3) is 4.01. The van der Waals surface area contributed by atoms with Gasteiger partial charge in [-0.25, -0.2) is 0 Å². The van der Waals surface area contributed by atoms with Gasteiger partial charge < -0.3 is 25.2 Å². The number of methoxy groups -OCH3 is 1. The zero-order valence-corrected chi connectivity index (χ0v) is 11.3. The lowest BCUT2D eigenvalue weighted by atomic mass is 10.3. The molecule has 0 radical (unpaired) electrons. The monoisotopic (exact) mass is 266 g/mol. The van der Waals surface area contributed by atoms with E-state index in [-0.39, 0.29) is 6.61 Å². The number of rotatable bonds is 6. The van der Waals surface area contributed by atoms with Crippen molar-refractivity contribution in [3.05, 3.63) is 18.2 Å². The van der Waals surface area contributed by atoms with Gasteiger partial charge in [-0.3, -0.25) is 0 Å². The van der Waals surface area contributed by atoms with Crippen LogP contribution in [0.3, 0.4) is 0 Å². The Hall–Kier alpha value is -1.46. The van der Waals surface area contributed by atoms with Crippen molar-refractivity contribution < 1.29 is 14.6 Å². The van der Waals surface area contributed by atoms with Crippen molar-refractivity contribution >= 4 is 5.69 Å². The minimum absolute atomic E-state index is 0.246. The molecule has 1 aliphatic rings. The quantitative estimate of drug-likeness (QED) is 0.755.